The van der Waals surface area contributed by atoms with Gasteiger partial charge in [0.2, 0.25) is 0 Å². The van der Waals surface area contributed by atoms with Crippen LogP contribution in [-0.4, -0.2) is 25.6 Å². The van der Waals surface area contributed by atoms with E-state index in [-0.39, 0.29) is 4.90 Å². The third kappa shape index (κ3) is 2.43. The van der Waals surface area contributed by atoms with Crippen molar-refractivity contribution in [1.82, 2.24) is 3.97 Å². The van der Waals surface area contributed by atoms with E-state index in [9.17, 15) is 8.42 Å². The number of hydrogen-bond donors (Lipinski definition) is 0. The molecule has 0 bridgehead atoms. The fourth-order valence-corrected chi connectivity index (χ4v) is 4.30. The van der Waals surface area contributed by atoms with E-state index in [0.29, 0.717) is 18.7 Å². The van der Waals surface area contributed by atoms with Gasteiger partial charge in [-0.05, 0) is 25.1 Å². The highest BCUT2D eigenvalue weighted by Gasteiger charge is 2.27. The minimum Gasteiger partial charge on any atom is -0.346 e. The predicted molar refractivity (Wildman–Crippen MR) is 90.3 cm³/mol. The Morgan fingerprint density at radius 2 is 1.67 bits per heavy atom. The summed E-state index contributed by atoms with van der Waals surface area (Å²) in [5.74, 6) is 0. The van der Waals surface area contributed by atoms with E-state index in [0.717, 1.165) is 16.5 Å². The van der Waals surface area contributed by atoms with E-state index in [2.05, 4.69) is 0 Å². The lowest BCUT2D eigenvalue weighted by Gasteiger charge is -2.08. The molecule has 4 rings (SSSR count). The van der Waals surface area contributed by atoms with Crippen LogP contribution >= 0.6 is 0 Å². The lowest BCUT2D eigenvalue weighted by atomic mass is 10.2. The monoisotopic (exact) mass is 343 g/mol. The Morgan fingerprint density at radius 1 is 1.00 bits per heavy atom. The summed E-state index contributed by atoms with van der Waals surface area (Å²) in [5, 5.41) is 0.820. The highest BCUT2D eigenvalue weighted by atomic mass is 32.2. The van der Waals surface area contributed by atoms with Crippen molar-refractivity contribution in [1.29, 1.82) is 0 Å². The Hall–Kier alpha value is -2.15. The highest BCUT2D eigenvalue weighted by Crippen LogP contribution is 2.33. The molecule has 0 atom stereocenters. The van der Waals surface area contributed by atoms with Crippen molar-refractivity contribution in [2.24, 2.45) is 0 Å². The molecule has 0 N–H and O–H groups in total. The van der Waals surface area contributed by atoms with E-state index in [4.69, 9.17) is 9.47 Å². The third-order valence-corrected chi connectivity index (χ3v) is 5.85. The molecule has 3 aromatic rings. The Bertz CT molecular complexity index is 984. The first kappa shape index (κ1) is 15.4. The van der Waals surface area contributed by atoms with Gasteiger partial charge in [-0.3, -0.25) is 0 Å². The average Bonchev–Trinajstić information content (AvgIpc) is 3.23. The largest absolute Gasteiger partial charge is 0.346 e. The van der Waals surface area contributed by atoms with Crippen LogP contribution in [0, 0.1) is 6.92 Å². The van der Waals surface area contributed by atoms with Crippen LogP contribution in [0.4, 0.5) is 0 Å². The summed E-state index contributed by atoms with van der Waals surface area (Å²) >= 11 is 0. The number of fused-ring (bicyclic) bond motifs is 1. The smallest absolute Gasteiger partial charge is 0.268 e. The molecule has 0 amide bonds. The van der Waals surface area contributed by atoms with Crippen LogP contribution in [0.5, 0.6) is 0 Å². The average molecular weight is 343 g/mol. The van der Waals surface area contributed by atoms with Crippen molar-refractivity contribution in [2.45, 2.75) is 18.1 Å². The van der Waals surface area contributed by atoms with E-state index in [1.165, 1.54) is 3.97 Å². The summed E-state index contributed by atoms with van der Waals surface area (Å²) < 4.78 is 38.6. The number of nitrogens with zero attached hydrogens (tertiary/aromatic N) is 1. The van der Waals surface area contributed by atoms with Crippen LogP contribution in [0.2, 0.25) is 0 Å². The maximum Gasteiger partial charge on any atom is 0.268 e. The molecule has 1 fully saturated rings. The van der Waals surface area contributed by atoms with Crippen molar-refractivity contribution < 1.29 is 17.9 Å². The van der Waals surface area contributed by atoms with Gasteiger partial charge in [0.25, 0.3) is 10.0 Å². The van der Waals surface area contributed by atoms with Crippen LogP contribution in [0.3, 0.4) is 0 Å². The van der Waals surface area contributed by atoms with Gasteiger partial charge in [0, 0.05) is 17.1 Å². The van der Waals surface area contributed by atoms with Gasteiger partial charge >= 0.3 is 0 Å². The van der Waals surface area contributed by atoms with Crippen molar-refractivity contribution in [3.05, 3.63) is 65.9 Å². The highest BCUT2D eigenvalue weighted by molar-refractivity contribution is 7.90. The molecule has 0 aliphatic carbocycles. The standard InChI is InChI=1S/C18H17NO4S/c1-13-6-8-14(9-7-13)24(20,21)19-12-16(18-22-10-11-23-18)15-4-2-3-5-17(15)19/h2-9,12,18H,10-11H2,1H3. The van der Waals surface area contributed by atoms with Crippen molar-refractivity contribution in [3.8, 4) is 0 Å². The van der Waals surface area contributed by atoms with Gasteiger partial charge in [0.1, 0.15) is 0 Å². The van der Waals surface area contributed by atoms with Crippen LogP contribution in [0.25, 0.3) is 10.9 Å². The zero-order chi connectivity index (χ0) is 16.7. The molecule has 1 saturated heterocycles. The normalized spacial score (nSPS) is 16.0. The van der Waals surface area contributed by atoms with Crippen LogP contribution in [0.15, 0.2) is 59.6 Å². The second-order valence-corrected chi connectivity index (χ2v) is 7.60. The molecule has 24 heavy (non-hydrogen) atoms. The van der Waals surface area contributed by atoms with E-state index in [1.807, 2.05) is 25.1 Å². The first-order chi connectivity index (χ1) is 11.6. The Kier molecular flexibility index (Phi) is 3.68. The SMILES string of the molecule is Cc1ccc(S(=O)(=O)n2cc(C3OCCO3)c3ccccc32)cc1. The van der Waals surface area contributed by atoms with Crippen LogP contribution < -0.4 is 0 Å². The molecule has 2 aromatic carbocycles. The van der Waals surface area contributed by atoms with Gasteiger partial charge < -0.3 is 9.47 Å². The molecule has 5 nitrogen and oxygen atoms in total. The summed E-state index contributed by atoms with van der Waals surface area (Å²) in [6.07, 6.45) is 1.08. The van der Waals surface area contributed by atoms with Gasteiger partial charge in [-0.25, -0.2) is 12.4 Å². The molecule has 0 unspecified atom stereocenters. The Labute approximate surface area is 140 Å². The maximum atomic E-state index is 13.1. The molecule has 1 aromatic heterocycles. The molecule has 1 aliphatic heterocycles. The minimum atomic E-state index is -3.69. The number of para-hydroxylation sites is 1. The van der Waals surface area contributed by atoms with Gasteiger partial charge in [-0.2, -0.15) is 0 Å². The second-order valence-electron chi connectivity index (χ2n) is 5.79. The topological polar surface area (TPSA) is 57.5 Å². The van der Waals surface area contributed by atoms with E-state index >= 15 is 0 Å². The molecule has 0 spiro atoms. The molecular formula is C18H17NO4S. The number of aromatic nitrogens is 1. The first-order valence-corrected chi connectivity index (χ1v) is 9.17. The van der Waals surface area contributed by atoms with Crippen LogP contribution in [0.1, 0.15) is 17.4 Å². The predicted octanol–water partition coefficient (Wildman–Crippen LogP) is 3.23. The third-order valence-electron chi connectivity index (χ3n) is 4.16. The summed E-state index contributed by atoms with van der Waals surface area (Å²) in [6.45, 7) is 2.94. The first-order valence-electron chi connectivity index (χ1n) is 7.73. The summed E-state index contributed by atoms with van der Waals surface area (Å²) in [4.78, 5) is 0.258. The fraction of sp³-hybridized carbons (Fsp3) is 0.222. The maximum absolute atomic E-state index is 13.1. The summed E-state index contributed by atoms with van der Waals surface area (Å²) in [7, 11) is -3.69. The molecule has 6 heteroatoms. The summed E-state index contributed by atoms with van der Waals surface area (Å²) in [5.41, 5.74) is 2.37. The van der Waals surface area contributed by atoms with Crippen molar-refractivity contribution in [2.75, 3.05) is 13.2 Å². The van der Waals surface area contributed by atoms with E-state index < -0.39 is 16.3 Å². The van der Waals surface area contributed by atoms with Gasteiger partial charge in [-0.15, -0.1) is 0 Å². The summed E-state index contributed by atoms with van der Waals surface area (Å²) in [6, 6.07) is 14.2. The Morgan fingerprint density at radius 3 is 2.38 bits per heavy atom. The molecule has 124 valence electrons. The quantitative estimate of drug-likeness (QED) is 0.733. The fourth-order valence-electron chi connectivity index (χ4n) is 2.92. The van der Waals surface area contributed by atoms with Gasteiger partial charge in [-0.1, -0.05) is 35.9 Å². The lowest BCUT2D eigenvalue weighted by Crippen LogP contribution is -2.12. The number of hydrogen-bond acceptors (Lipinski definition) is 4. The Balaban J connectivity index is 1.91. The lowest BCUT2D eigenvalue weighted by molar-refractivity contribution is -0.0430. The van der Waals surface area contributed by atoms with Crippen LogP contribution in [-0.2, 0) is 19.5 Å². The van der Waals surface area contributed by atoms with Crippen molar-refractivity contribution in [3.63, 3.8) is 0 Å². The second kappa shape index (κ2) is 5.73. The number of rotatable bonds is 3. The number of ether oxygens (including phenoxy) is 2. The number of benzene rings is 2. The molecule has 1 aliphatic rings. The minimum absolute atomic E-state index is 0.258. The zero-order valence-electron chi connectivity index (χ0n) is 13.2. The molecular weight excluding hydrogens is 326 g/mol. The van der Waals surface area contributed by atoms with Gasteiger partial charge in [0.15, 0.2) is 6.29 Å². The molecule has 2 heterocycles. The molecule has 0 saturated carbocycles. The zero-order valence-corrected chi connectivity index (χ0v) is 14.0. The molecule has 0 radical (unpaired) electrons. The number of aryl methyl sites for hydroxylation is 1. The van der Waals surface area contributed by atoms with E-state index in [1.54, 1.807) is 36.5 Å². The van der Waals surface area contributed by atoms with Crippen molar-refractivity contribution >= 4 is 20.9 Å². The van der Waals surface area contributed by atoms with Gasteiger partial charge in [0.05, 0.1) is 23.6 Å².